The van der Waals surface area contributed by atoms with Gasteiger partial charge >= 0.3 is 0 Å². The van der Waals surface area contributed by atoms with Crippen LogP contribution in [0.15, 0.2) is 0 Å². The van der Waals surface area contributed by atoms with Crippen LogP contribution >= 0.6 is 7.52 Å². The number of hydrogen-bond acceptors (Lipinski definition) is 2. The number of terminal acetylenes is 1. The molecule has 0 saturated carbocycles. The fraction of sp³-hybridized carbons (Fsp3) is 0.846. The molecule has 0 heterocycles. The summed E-state index contributed by atoms with van der Waals surface area (Å²) < 4.78 is 18.3. The highest BCUT2D eigenvalue weighted by Gasteiger charge is 2.19. The van der Waals surface area contributed by atoms with Crippen molar-refractivity contribution in [2.75, 3.05) is 27.4 Å². The fourth-order valence-corrected chi connectivity index (χ4v) is 1.67. The molecule has 3 nitrogen and oxygen atoms in total. The highest BCUT2D eigenvalue weighted by atomic mass is 31.2. The molecule has 0 aliphatic rings. The van der Waals surface area contributed by atoms with Crippen molar-refractivity contribution in [3.8, 4) is 12.3 Å². The summed E-state index contributed by atoms with van der Waals surface area (Å²) in [5, 5.41) is 0. The van der Waals surface area contributed by atoms with E-state index < -0.39 is 7.52 Å². The molecule has 0 amide bonds. The van der Waals surface area contributed by atoms with Crippen LogP contribution in [0, 0.1) is 12.3 Å². The standard InChI is InChI=1S/C9H18NO2P.2C2H6/c1-5-6-7-8-9-10(2)13(4,11)12-3;2*1-2/h1H,6-9H2,2-4H3;2*1-2H3. The molecule has 0 aromatic heterocycles. The fourth-order valence-electron chi connectivity index (χ4n) is 0.889. The molecule has 0 fully saturated rings. The molecule has 0 N–H and O–H groups in total. The summed E-state index contributed by atoms with van der Waals surface area (Å²) >= 11 is 0. The van der Waals surface area contributed by atoms with Gasteiger partial charge in [0.05, 0.1) is 0 Å². The third-order valence-electron chi connectivity index (χ3n) is 2.01. The van der Waals surface area contributed by atoms with Crippen molar-refractivity contribution < 1.29 is 9.09 Å². The topological polar surface area (TPSA) is 29.5 Å². The SMILES string of the molecule is C#CCCCCN(C)P(C)(=O)OC.CC.CC. The Bertz CT molecular complexity index is 224. The van der Waals surface area contributed by atoms with Crippen LogP contribution in [-0.4, -0.2) is 32.0 Å². The third kappa shape index (κ3) is 13.6. The zero-order valence-electron chi connectivity index (χ0n) is 12.6. The lowest BCUT2D eigenvalue weighted by molar-refractivity contribution is 0.330. The summed E-state index contributed by atoms with van der Waals surface area (Å²) in [6.45, 7) is 10.4. The van der Waals surface area contributed by atoms with Crippen molar-refractivity contribution >= 4 is 7.52 Å². The van der Waals surface area contributed by atoms with Gasteiger partial charge in [0, 0.05) is 26.7 Å². The monoisotopic (exact) mass is 263 g/mol. The molecule has 0 rings (SSSR count). The summed E-state index contributed by atoms with van der Waals surface area (Å²) in [6.07, 6.45) is 7.84. The molecular formula is C13H30NO2P. The van der Waals surface area contributed by atoms with Crippen molar-refractivity contribution in [1.82, 2.24) is 4.67 Å². The molecular weight excluding hydrogens is 233 g/mol. The van der Waals surface area contributed by atoms with E-state index in [0.29, 0.717) is 0 Å². The first-order valence-corrected chi connectivity index (χ1v) is 8.35. The zero-order chi connectivity index (χ0) is 14.3. The van der Waals surface area contributed by atoms with Gasteiger partial charge in [0.15, 0.2) is 0 Å². The highest BCUT2D eigenvalue weighted by molar-refractivity contribution is 7.55. The van der Waals surface area contributed by atoms with Gasteiger partial charge in [0.2, 0.25) is 0 Å². The number of nitrogens with zero attached hydrogens (tertiary/aromatic N) is 1. The summed E-state index contributed by atoms with van der Waals surface area (Å²) in [4.78, 5) is 0. The van der Waals surface area contributed by atoms with Gasteiger partial charge < -0.3 is 4.52 Å². The molecule has 0 aromatic carbocycles. The molecule has 0 aliphatic heterocycles. The largest absolute Gasteiger partial charge is 0.321 e. The minimum Gasteiger partial charge on any atom is -0.321 e. The molecule has 0 aromatic rings. The number of hydrogen-bond donors (Lipinski definition) is 0. The lowest BCUT2D eigenvalue weighted by Crippen LogP contribution is -2.16. The molecule has 104 valence electrons. The van der Waals surface area contributed by atoms with E-state index in [9.17, 15) is 4.57 Å². The molecule has 0 aliphatic carbocycles. The Kier molecular flexibility index (Phi) is 20.3. The van der Waals surface area contributed by atoms with Crippen LogP contribution < -0.4 is 0 Å². The Morgan fingerprint density at radius 1 is 1.24 bits per heavy atom. The Morgan fingerprint density at radius 2 is 1.71 bits per heavy atom. The maximum absolute atomic E-state index is 11.6. The van der Waals surface area contributed by atoms with Crippen molar-refractivity contribution in [1.29, 1.82) is 0 Å². The van der Waals surface area contributed by atoms with Crippen LogP contribution in [0.5, 0.6) is 0 Å². The predicted octanol–water partition coefficient (Wildman–Crippen LogP) is 4.24. The molecule has 0 saturated heterocycles. The van der Waals surface area contributed by atoms with Gasteiger partial charge in [-0.1, -0.05) is 27.7 Å². The second kappa shape index (κ2) is 15.7. The summed E-state index contributed by atoms with van der Waals surface area (Å²) in [5.41, 5.74) is 0. The molecule has 0 spiro atoms. The smallest absolute Gasteiger partial charge is 0.268 e. The van der Waals surface area contributed by atoms with Crippen LogP contribution in [0.25, 0.3) is 0 Å². The van der Waals surface area contributed by atoms with Crippen LogP contribution in [0.4, 0.5) is 0 Å². The zero-order valence-corrected chi connectivity index (χ0v) is 13.5. The van der Waals surface area contributed by atoms with Gasteiger partial charge in [0.1, 0.15) is 0 Å². The van der Waals surface area contributed by atoms with Crippen molar-refractivity contribution in [2.45, 2.75) is 47.0 Å². The Labute approximate surface area is 108 Å². The van der Waals surface area contributed by atoms with Crippen molar-refractivity contribution in [3.05, 3.63) is 0 Å². The quantitative estimate of drug-likeness (QED) is 0.408. The van der Waals surface area contributed by atoms with Crippen LogP contribution in [0.3, 0.4) is 0 Å². The number of rotatable bonds is 6. The van der Waals surface area contributed by atoms with E-state index in [1.807, 2.05) is 27.7 Å². The Morgan fingerprint density at radius 3 is 2.06 bits per heavy atom. The molecule has 17 heavy (non-hydrogen) atoms. The van der Waals surface area contributed by atoms with E-state index in [4.69, 9.17) is 10.9 Å². The summed E-state index contributed by atoms with van der Waals surface area (Å²) in [5.74, 6) is 2.58. The lowest BCUT2D eigenvalue weighted by Gasteiger charge is -2.22. The lowest BCUT2D eigenvalue weighted by atomic mass is 10.2. The van der Waals surface area contributed by atoms with Gasteiger partial charge in [-0.25, -0.2) is 4.67 Å². The van der Waals surface area contributed by atoms with Crippen molar-refractivity contribution in [2.24, 2.45) is 0 Å². The van der Waals surface area contributed by atoms with Gasteiger partial charge in [-0.05, 0) is 19.9 Å². The van der Waals surface area contributed by atoms with E-state index >= 15 is 0 Å². The van der Waals surface area contributed by atoms with Gasteiger partial charge in [-0.15, -0.1) is 12.3 Å². The first-order chi connectivity index (χ1) is 8.04. The second-order valence-corrected chi connectivity index (χ2v) is 5.68. The van der Waals surface area contributed by atoms with Gasteiger partial charge in [-0.3, -0.25) is 4.57 Å². The van der Waals surface area contributed by atoms with E-state index in [-0.39, 0.29) is 0 Å². The van der Waals surface area contributed by atoms with Crippen LogP contribution in [-0.2, 0) is 9.09 Å². The van der Waals surface area contributed by atoms with Gasteiger partial charge in [0.25, 0.3) is 7.52 Å². The molecule has 1 atom stereocenters. The molecule has 0 radical (unpaired) electrons. The first-order valence-electron chi connectivity index (χ1n) is 6.33. The second-order valence-electron chi connectivity index (χ2n) is 3.03. The van der Waals surface area contributed by atoms with Crippen LogP contribution in [0.2, 0.25) is 0 Å². The molecule has 0 bridgehead atoms. The Balaban J connectivity index is -0.000000439. The highest BCUT2D eigenvalue weighted by Crippen LogP contribution is 2.44. The van der Waals surface area contributed by atoms with Gasteiger partial charge in [-0.2, -0.15) is 0 Å². The van der Waals surface area contributed by atoms with E-state index in [0.717, 1.165) is 25.8 Å². The summed E-state index contributed by atoms with van der Waals surface area (Å²) in [6, 6.07) is 0. The summed E-state index contributed by atoms with van der Waals surface area (Å²) in [7, 11) is 0.745. The minimum absolute atomic E-state index is 0.767. The first kappa shape index (κ1) is 21.9. The van der Waals surface area contributed by atoms with E-state index in [1.54, 1.807) is 18.4 Å². The van der Waals surface area contributed by atoms with E-state index in [2.05, 4.69) is 5.92 Å². The molecule has 4 heteroatoms. The average molecular weight is 263 g/mol. The minimum atomic E-state index is -2.53. The molecule has 1 unspecified atom stereocenters. The number of unbranched alkanes of at least 4 members (excludes halogenated alkanes) is 2. The Hall–Kier alpha value is -0.290. The predicted molar refractivity (Wildman–Crippen MR) is 78.5 cm³/mol. The average Bonchev–Trinajstić information content (AvgIpc) is 2.39. The van der Waals surface area contributed by atoms with Crippen molar-refractivity contribution in [3.63, 3.8) is 0 Å². The maximum Gasteiger partial charge on any atom is 0.268 e. The maximum atomic E-state index is 11.6. The normalized spacial score (nSPS) is 12.4. The third-order valence-corrected chi connectivity index (χ3v) is 4.13. The van der Waals surface area contributed by atoms with E-state index in [1.165, 1.54) is 7.11 Å². The van der Waals surface area contributed by atoms with Crippen LogP contribution in [0.1, 0.15) is 47.0 Å².